The first kappa shape index (κ1) is 11.9. The van der Waals surface area contributed by atoms with Crippen LogP contribution in [0, 0.1) is 0 Å². The Bertz CT molecular complexity index is 424. The molecule has 1 saturated heterocycles. The molecule has 1 fully saturated rings. The topological polar surface area (TPSA) is 46.3 Å². The Morgan fingerprint density at radius 1 is 1.24 bits per heavy atom. The van der Waals surface area contributed by atoms with E-state index in [2.05, 4.69) is 18.0 Å². The lowest BCUT2D eigenvalue weighted by Gasteiger charge is -2.24. The van der Waals surface area contributed by atoms with E-state index in [-0.39, 0.29) is 5.91 Å². The zero-order chi connectivity index (χ0) is 12.3. The van der Waals surface area contributed by atoms with Crippen LogP contribution in [0.5, 0.6) is 0 Å². The largest absolute Gasteiger partial charge is 0.366 e. The summed E-state index contributed by atoms with van der Waals surface area (Å²) >= 11 is 0. The van der Waals surface area contributed by atoms with Gasteiger partial charge in [0.2, 0.25) is 5.91 Å². The Hall–Kier alpha value is -1.61. The lowest BCUT2D eigenvalue weighted by molar-refractivity contribution is 0.100. The molecule has 0 bridgehead atoms. The van der Waals surface area contributed by atoms with E-state index in [1.54, 1.807) is 12.1 Å². The molecule has 17 heavy (non-hydrogen) atoms. The maximum absolute atomic E-state index is 10.9. The summed E-state index contributed by atoms with van der Waals surface area (Å²) in [5.41, 5.74) is 8.40. The van der Waals surface area contributed by atoms with Gasteiger partial charge in [0.15, 0.2) is 0 Å². The average Bonchev–Trinajstić information content (AvgIpc) is 2.33. The van der Waals surface area contributed by atoms with Crippen LogP contribution in [-0.2, 0) is 0 Å². The fourth-order valence-corrected chi connectivity index (χ4v) is 2.03. The highest BCUT2D eigenvalue weighted by molar-refractivity contribution is 5.92. The molecule has 1 aromatic carbocycles. The van der Waals surface area contributed by atoms with Crippen molar-refractivity contribution in [1.29, 1.82) is 0 Å². The number of hydrogen-bond donors (Lipinski definition) is 1. The molecule has 1 aliphatic heterocycles. The van der Waals surface area contributed by atoms with Gasteiger partial charge in [-0.1, -0.05) is 23.8 Å². The molecule has 1 amide bonds. The summed E-state index contributed by atoms with van der Waals surface area (Å²) in [6.45, 7) is 2.26. The second-order valence-corrected chi connectivity index (χ2v) is 4.59. The Labute approximate surface area is 102 Å². The van der Waals surface area contributed by atoms with Crippen LogP contribution in [0.2, 0.25) is 0 Å². The van der Waals surface area contributed by atoms with Gasteiger partial charge in [0.1, 0.15) is 0 Å². The van der Waals surface area contributed by atoms with Crippen LogP contribution in [0.1, 0.15) is 28.8 Å². The molecule has 0 atom stereocenters. The number of carbonyl (C=O) groups is 1. The van der Waals surface area contributed by atoms with Gasteiger partial charge in [0.05, 0.1) is 0 Å². The monoisotopic (exact) mass is 230 g/mol. The van der Waals surface area contributed by atoms with Gasteiger partial charge in [-0.3, -0.25) is 4.79 Å². The molecule has 2 rings (SSSR count). The third-order valence-corrected chi connectivity index (χ3v) is 3.20. The quantitative estimate of drug-likeness (QED) is 0.843. The van der Waals surface area contributed by atoms with E-state index >= 15 is 0 Å². The average molecular weight is 230 g/mol. The molecule has 3 heteroatoms. The number of primary amides is 1. The van der Waals surface area contributed by atoms with E-state index in [4.69, 9.17) is 5.73 Å². The fraction of sp³-hybridized carbons (Fsp3) is 0.357. The zero-order valence-electron chi connectivity index (χ0n) is 10.1. The molecule has 1 aromatic rings. The van der Waals surface area contributed by atoms with Crippen LogP contribution in [-0.4, -0.2) is 30.9 Å². The number of likely N-dealkylation sites (tertiary alicyclic amines) is 1. The minimum atomic E-state index is -0.372. The molecule has 0 unspecified atom stereocenters. The summed E-state index contributed by atoms with van der Waals surface area (Å²) in [6, 6.07) is 7.46. The Morgan fingerprint density at radius 3 is 2.35 bits per heavy atom. The van der Waals surface area contributed by atoms with Crippen LogP contribution in [0.3, 0.4) is 0 Å². The molecule has 2 N–H and O–H groups in total. The molecule has 90 valence electrons. The van der Waals surface area contributed by atoms with Gasteiger partial charge in [0.25, 0.3) is 0 Å². The molecule has 1 aliphatic rings. The summed E-state index contributed by atoms with van der Waals surface area (Å²) in [5.74, 6) is -0.372. The summed E-state index contributed by atoms with van der Waals surface area (Å²) in [7, 11) is 2.15. The van der Waals surface area contributed by atoms with Gasteiger partial charge >= 0.3 is 0 Å². The number of benzene rings is 1. The highest BCUT2D eigenvalue weighted by Crippen LogP contribution is 2.18. The third-order valence-electron chi connectivity index (χ3n) is 3.20. The first-order valence-corrected chi connectivity index (χ1v) is 5.93. The van der Waals surface area contributed by atoms with Gasteiger partial charge in [-0.2, -0.15) is 0 Å². The molecule has 0 aliphatic carbocycles. The fourth-order valence-electron chi connectivity index (χ4n) is 2.03. The second kappa shape index (κ2) is 5.15. The van der Waals surface area contributed by atoms with E-state index in [0.29, 0.717) is 5.56 Å². The van der Waals surface area contributed by atoms with Gasteiger partial charge in [-0.15, -0.1) is 0 Å². The van der Waals surface area contributed by atoms with Crippen molar-refractivity contribution in [3.05, 3.63) is 41.0 Å². The molecule has 0 saturated carbocycles. The molecule has 0 radical (unpaired) electrons. The van der Waals surface area contributed by atoms with Crippen molar-refractivity contribution in [2.45, 2.75) is 12.8 Å². The highest BCUT2D eigenvalue weighted by Gasteiger charge is 2.09. The van der Waals surface area contributed by atoms with Gasteiger partial charge in [-0.25, -0.2) is 0 Å². The summed E-state index contributed by atoms with van der Waals surface area (Å²) in [6.07, 6.45) is 4.49. The molecular weight excluding hydrogens is 212 g/mol. The number of rotatable bonds is 2. The maximum atomic E-state index is 10.9. The number of hydrogen-bond acceptors (Lipinski definition) is 2. The number of nitrogens with two attached hydrogens (primary N) is 1. The molecule has 0 aromatic heterocycles. The Morgan fingerprint density at radius 2 is 1.82 bits per heavy atom. The first-order valence-electron chi connectivity index (χ1n) is 5.93. The van der Waals surface area contributed by atoms with E-state index in [1.165, 1.54) is 5.57 Å². The number of amides is 1. The predicted octanol–water partition coefficient (Wildman–Crippen LogP) is 1.89. The van der Waals surface area contributed by atoms with Crippen molar-refractivity contribution in [1.82, 2.24) is 4.90 Å². The Balaban J connectivity index is 2.08. The molecule has 0 spiro atoms. The van der Waals surface area contributed by atoms with Crippen molar-refractivity contribution < 1.29 is 4.79 Å². The van der Waals surface area contributed by atoms with E-state index in [1.807, 2.05) is 12.1 Å². The molecular formula is C14H18N2O. The third kappa shape index (κ3) is 3.17. The predicted molar refractivity (Wildman–Crippen MR) is 69.7 cm³/mol. The van der Waals surface area contributed by atoms with Crippen molar-refractivity contribution in [3.63, 3.8) is 0 Å². The van der Waals surface area contributed by atoms with Crippen LogP contribution >= 0.6 is 0 Å². The number of nitrogens with zero attached hydrogens (tertiary/aromatic N) is 1. The lowest BCUT2D eigenvalue weighted by atomic mass is 10.0. The van der Waals surface area contributed by atoms with Gasteiger partial charge in [0, 0.05) is 18.7 Å². The number of carbonyl (C=O) groups excluding carboxylic acids is 1. The highest BCUT2D eigenvalue weighted by atomic mass is 16.1. The second-order valence-electron chi connectivity index (χ2n) is 4.59. The van der Waals surface area contributed by atoms with Crippen molar-refractivity contribution >= 4 is 12.0 Å². The maximum Gasteiger partial charge on any atom is 0.248 e. The zero-order valence-corrected chi connectivity index (χ0v) is 10.1. The first-order chi connectivity index (χ1) is 8.15. The summed E-state index contributed by atoms with van der Waals surface area (Å²) in [5, 5.41) is 0. The Kier molecular flexibility index (Phi) is 3.59. The molecule has 3 nitrogen and oxygen atoms in total. The van der Waals surface area contributed by atoms with Crippen LogP contribution < -0.4 is 5.73 Å². The summed E-state index contributed by atoms with van der Waals surface area (Å²) < 4.78 is 0. The van der Waals surface area contributed by atoms with Crippen molar-refractivity contribution in [3.8, 4) is 0 Å². The van der Waals surface area contributed by atoms with E-state index in [9.17, 15) is 4.79 Å². The van der Waals surface area contributed by atoms with Gasteiger partial charge in [-0.05, 0) is 37.6 Å². The van der Waals surface area contributed by atoms with E-state index < -0.39 is 0 Å². The van der Waals surface area contributed by atoms with E-state index in [0.717, 1.165) is 31.5 Å². The standard InChI is InChI=1S/C14H18N2O/c1-16-8-6-12(7-9-16)10-11-2-4-13(5-3-11)14(15)17/h2-5,10H,6-9H2,1H3,(H2,15,17). The van der Waals surface area contributed by atoms with Crippen LogP contribution in [0.25, 0.3) is 6.08 Å². The van der Waals surface area contributed by atoms with Gasteiger partial charge < -0.3 is 10.6 Å². The SMILES string of the molecule is CN1CCC(=Cc2ccc(C(N)=O)cc2)CC1. The number of piperidine rings is 1. The normalized spacial score (nSPS) is 16.9. The minimum Gasteiger partial charge on any atom is -0.366 e. The summed E-state index contributed by atoms with van der Waals surface area (Å²) in [4.78, 5) is 13.3. The van der Waals surface area contributed by atoms with Crippen molar-refractivity contribution in [2.75, 3.05) is 20.1 Å². The van der Waals surface area contributed by atoms with Crippen LogP contribution in [0.15, 0.2) is 29.8 Å². The van der Waals surface area contributed by atoms with Crippen molar-refractivity contribution in [2.24, 2.45) is 5.73 Å². The van der Waals surface area contributed by atoms with Crippen LogP contribution in [0.4, 0.5) is 0 Å². The molecule has 1 heterocycles. The smallest absolute Gasteiger partial charge is 0.248 e. The minimum absolute atomic E-state index is 0.372. The lowest BCUT2D eigenvalue weighted by Crippen LogP contribution is -2.26.